The van der Waals surface area contributed by atoms with Crippen molar-refractivity contribution in [1.29, 1.82) is 0 Å². The largest absolute Gasteiger partial charge is 0.493 e. The summed E-state index contributed by atoms with van der Waals surface area (Å²) in [4.78, 5) is 47.1. The van der Waals surface area contributed by atoms with Crippen molar-refractivity contribution in [2.24, 2.45) is 0 Å². The van der Waals surface area contributed by atoms with E-state index in [-0.39, 0.29) is 30.8 Å². The third kappa shape index (κ3) is 3.33. The Bertz CT molecular complexity index is 1290. The Labute approximate surface area is 195 Å². The summed E-state index contributed by atoms with van der Waals surface area (Å²) in [6.07, 6.45) is 0.859. The molecule has 0 saturated heterocycles. The van der Waals surface area contributed by atoms with Crippen LogP contribution in [0, 0.1) is 0 Å². The van der Waals surface area contributed by atoms with Gasteiger partial charge in [0, 0.05) is 11.8 Å². The SMILES string of the molecule is COc1ccc2c(c1OC)C(=O)N1c3ccccc3C(=O)N(CC(=O)NCc3ccccn3)[C@@H]21. The molecule has 2 aliphatic heterocycles. The summed E-state index contributed by atoms with van der Waals surface area (Å²) in [7, 11) is 2.96. The lowest BCUT2D eigenvalue weighted by molar-refractivity contribution is -0.122. The first-order valence-electron chi connectivity index (χ1n) is 10.7. The summed E-state index contributed by atoms with van der Waals surface area (Å²) < 4.78 is 10.9. The third-order valence-electron chi connectivity index (χ3n) is 5.99. The number of nitrogens with zero attached hydrogens (tertiary/aromatic N) is 3. The minimum absolute atomic E-state index is 0.229. The van der Waals surface area contributed by atoms with E-state index in [1.54, 1.807) is 54.7 Å². The molecule has 9 heteroatoms. The first kappa shape index (κ1) is 21.4. The number of aromatic nitrogens is 1. The number of benzene rings is 2. The van der Waals surface area contributed by atoms with E-state index in [2.05, 4.69) is 10.3 Å². The minimum Gasteiger partial charge on any atom is -0.493 e. The van der Waals surface area contributed by atoms with Crippen molar-refractivity contribution in [2.75, 3.05) is 25.7 Å². The fourth-order valence-corrected chi connectivity index (χ4v) is 4.49. The fraction of sp³-hybridized carbons (Fsp3) is 0.200. The summed E-state index contributed by atoms with van der Waals surface area (Å²) in [5.41, 5.74) is 2.43. The Morgan fingerprint density at radius 3 is 2.53 bits per heavy atom. The molecule has 0 radical (unpaired) electrons. The molecule has 5 rings (SSSR count). The van der Waals surface area contributed by atoms with E-state index < -0.39 is 6.17 Å². The van der Waals surface area contributed by atoms with Crippen LogP contribution in [0.3, 0.4) is 0 Å². The number of fused-ring (bicyclic) bond motifs is 5. The summed E-state index contributed by atoms with van der Waals surface area (Å²) in [6, 6.07) is 15.7. The van der Waals surface area contributed by atoms with Crippen molar-refractivity contribution in [3.63, 3.8) is 0 Å². The molecule has 1 aromatic heterocycles. The average Bonchev–Trinajstić information content (AvgIpc) is 3.17. The van der Waals surface area contributed by atoms with Crippen molar-refractivity contribution in [1.82, 2.24) is 15.2 Å². The van der Waals surface area contributed by atoms with Gasteiger partial charge in [0.1, 0.15) is 12.7 Å². The number of rotatable bonds is 6. The second-order valence-electron chi connectivity index (χ2n) is 7.86. The van der Waals surface area contributed by atoms with Crippen LogP contribution in [0.25, 0.3) is 0 Å². The number of para-hydroxylation sites is 1. The summed E-state index contributed by atoms with van der Waals surface area (Å²) in [5, 5.41) is 2.80. The quantitative estimate of drug-likeness (QED) is 0.609. The van der Waals surface area contributed by atoms with Gasteiger partial charge in [-0.2, -0.15) is 0 Å². The molecule has 0 aliphatic carbocycles. The lowest BCUT2D eigenvalue weighted by Gasteiger charge is -2.40. The second-order valence-corrected chi connectivity index (χ2v) is 7.86. The number of anilines is 1. The smallest absolute Gasteiger partial charge is 0.264 e. The van der Waals surface area contributed by atoms with Gasteiger partial charge in [-0.05, 0) is 30.3 Å². The van der Waals surface area contributed by atoms with Gasteiger partial charge in [-0.3, -0.25) is 24.3 Å². The Kier molecular flexibility index (Phi) is 5.37. The summed E-state index contributed by atoms with van der Waals surface area (Å²) in [5.74, 6) is -0.313. The van der Waals surface area contributed by atoms with E-state index in [0.29, 0.717) is 39.6 Å². The molecule has 0 spiro atoms. The molecule has 9 nitrogen and oxygen atoms in total. The van der Waals surface area contributed by atoms with E-state index in [0.717, 1.165) is 0 Å². The molecule has 1 atom stereocenters. The monoisotopic (exact) mass is 458 g/mol. The van der Waals surface area contributed by atoms with Crippen LogP contribution in [0.5, 0.6) is 11.5 Å². The molecule has 3 heterocycles. The fourth-order valence-electron chi connectivity index (χ4n) is 4.49. The summed E-state index contributed by atoms with van der Waals surface area (Å²) >= 11 is 0. The predicted molar refractivity (Wildman–Crippen MR) is 123 cm³/mol. The number of pyridine rings is 1. The van der Waals surface area contributed by atoms with Crippen LogP contribution in [-0.4, -0.2) is 48.4 Å². The Morgan fingerprint density at radius 2 is 1.79 bits per heavy atom. The second kappa shape index (κ2) is 8.51. The van der Waals surface area contributed by atoms with Crippen LogP contribution in [0.4, 0.5) is 5.69 Å². The zero-order valence-electron chi connectivity index (χ0n) is 18.6. The van der Waals surface area contributed by atoms with Crippen molar-refractivity contribution in [2.45, 2.75) is 12.7 Å². The van der Waals surface area contributed by atoms with Crippen LogP contribution in [0.2, 0.25) is 0 Å². The van der Waals surface area contributed by atoms with Crippen molar-refractivity contribution < 1.29 is 23.9 Å². The molecule has 0 saturated carbocycles. The highest BCUT2D eigenvalue weighted by Crippen LogP contribution is 2.49. The lowest BCUT2D eigenvalue weighted by Crippen LogP contribution is -2.51. The zero-order chi connectivity index (χ0) is 23.8. The summed E-state index contributed by atoms with van der Waals surface area (Å²) in [6.45, 7) is -0.00452. The molecule has 0 bridgehead atoms. The number of nitrogens with one attached hydrogen (secondary N) is 1. The molecule has 0 fully saturated rings. The maximum Gasteiger partial charge on any atom is 0.264 e. The lowest BCUT2D eigenvalue weighted by atomic mass is 10.0. The van der Waals surface area contributed by atoms with Crippen molar-refractivity contribution in [3.05, 3.63) is 83.2 Å². The van der Waals surface area contributed by atoms with Gasteiger partial charge in [0.25, 0.3) is 11.8 Å². The minimum atomic E-state index is -0.787. The first-order chi connectivity index (χ1) is 16.5. The standard InChI is InChI=1S/C25H22N4O5/c1-33-19-11-10-17-21(22(19)34-2)25(32)29-18-9-4-3-8-16(18)24(31)28(23(17)29)14-20(30)27-13-15-7-5-6-12-26-15/h3-12,23H,13-14H2,1-2H3,(H,27,30)/t23-/m1/s1. The van der Waals surface area contributed by atoms with E-state index >= 15 is 0 Å². The van der Waals surface area contributed by atoms with Gasteiger partial charge in [-0.1, -0.05) is 24.3 Å². The van der Waals surface area contributed by atoms with Gasteiger partial charge >= 0.3 is 0 Å². The third-order valence-corrected chi connectivity index (χ3v) is 5.99. The van der Waals surface area contributed by atoms with Gasteiger partial charge in [-0.15, -0.1) is 0 Å². The number of hydrogen-bond acceptors (Lipinski definition) is 6. The van der Waals surface area contributed by atoms with Crippen LogP contribution in [0.15, 0.2) is 60.8 Å². The van der Waals surface area contributed by atoms with E-state index in [1.807, 2.05) is 6.07 Å². The number of amides is 3. The van der Waals surface area contributed by atoms with E-state index in [4.69, 9.17) is 9.47 Å². The highest BCUT2D eigenvalue weighted by molar-refractivity contribution is 6.18. The Balaban J connectivity index is 1.54. The number of ether oxygens (including phenoxy) is 2. The Hall–Kier alpha value is -4.40. The normalized spacial score (nSPS) is 16.0. The highest BCUT2D eigenvalue weighted by Gasteiger charge is 2.50. The molecule has 172 valence electrons. The van der Waals surface area contributed by atoms with Gasteiger partial charge < -0.3 is 19.7 Å². The van der Waals surface area contributed by atoms with Gasteiger partial charge in [0.05, 0.1) is 43.3 Å². The predicted octanol–water partition coefficient (Wildman–Crippen LogP) is 2.53. The van der Waals surface area contributed by atoms with Crippen LogP contribution in [0.1, 0.15) is 38.1 Å². The van der Waals surface area contributed by atoms with Gasteiger partial charge in [0.15, 0.2) is 11.5 Å². The molecule has 0 unspecified atom stereocenters. The molecular weight excluding hydrogens is 436 g/mol. The topological polar surface area (TPSA) is 101 Å². The molecular formula is C25H22N4O5. The van der Waals surface area contributed by atoms with Gasteiger partial charge in [-0.25, -0.2) is 0 Å². The van der Waals surface area contributed by atoms with Crippen molar-refractivity contribution >= 4 is 23.4 Å². The van der Waals surface area contributed by atoms with Crippen molar-refractivity contribution in [3.8, 4) is 11.5 Å². The van der Waals surface area contributed by atoms with Crippen LogP contribution < -0.4 is 19.7 Å². The highest BCUT2D eigenvalue weighted by atomic mass is 16.5. The molecule has 34 heavy (non-hydrogen) atoms. The molecule has 3 aromatic rings. The molecule has 1 N–H and O–H groups in total. The van der Waals surface area contributed by atoms with Gasteiger partial charge in [0.2, 0.25) is 5.91 Å². The zero-order valence-corrected chi connectivity index (χ0v) is 18.6. The number of methoxy groups -OCH3 is 2. The van der Waals surface area contributed by atoms with E-state index in [9.17, 15) is 14.4 Å². The molecule has 2 aromatic carbocycles. The number of carbonyl (C=O) groups excluding carboxylic acids is 3. The Morgan fingerprint density at radius 1 is 1.00 bits per heavy atom. The first-order valence-corrected chi connectivity index (χ1v) is 10.7. The van der Waals surface area contributed by atoms with Crippen LogP contribution >= 0.6 is 0 Å². The maximum absolute atomic E-state index is 13.6. The van der Waals surface area contributed by atoms with E-state index in [1.165, 1.54) is 24.0 Å². The van der Waals surface area contributed by atoms with Crippen LogP contribution in [-0.2, 0) is 11.3 Å². The molecule has 3 amide bonds. The average molecular weight is 458 g/mol. The molecule has 2 aliphatic rings. The maximum atomic E-state index is 13.6. The number of carbonyl (C=O) groups is 3. The number of hydrogen-bond donors (Lipinski definition) is 1.